The molecule has 3 rings (SSSR count). The number of aromatic amines is 1. The molecule has 0 bridgehead atoms. The van der Waals surface area contributed by atoms with Crippen molar-refractivity contribution in [1.29, 1.82) is 0 Å². The van der Waals surface area contributed by atoms with Crippen molar-refractivity contribution in [3.05, 3.63) is 59.0 Å². The predicted molar refractivity (Wildman–Crippen MR) is 86.5 cm³/mol. The van der Waals surface area contributed by atoms with E-state index in [4.69, 9.17) is 10.5 Å². The lowest BCUT2D eigenvalue weighted by molar-refractivity contribution is 0.0997. The predicted octanol–water partition coefficient (Wildman–Crippen LogP) is 2.98. The Morgan fingerprint density at radius 1 is 1.22 bits per heavy atom. The van der Waals surface area contributed by atoms with Crippen molar-refractivity contribution < 1.29 is 13.9 Å². The Hall–Kier alpha value is -3.15. The van der Waals surface area contributed by atoms with Gasteiger partial charge in [-0.2, -0.15) is 5.10 Å². The quantitative estimate of drug-likeness (QED) is 0.777. The summed E-state index contributed by atoms with van der Waals surface area (Å²) in [5.74, 6) is -0.485. The minimum Gasteiger partial charge on any atom is -0.495 e. The zero-order valence-electron chi connectivity index (χ0n) is 12.3. The molecule has 23 heavy (non-hydrogen) atoms. The molecule has 116 valence electrons. The van der Waals surface area contributed by atoms with Crippen molar-refractivity contribution in [3.63, 3.8) is 0 Å². The van der Waals surface area contributed by atoms with Crippen LogP contribution in [0.1, 0.15) is 21.6 Å². The fourth-order valence-corrected chi connectivity index (χ4v) is 2.38. The van der Waals surface area contributed by atoms with E-state index in [9.17, 15) is 9.18 Å². The average Bonchev–Trinajstić information content (AvgIpc) is 2.96. The molecular formula is C17H14FN3O2. The Morgan fingerprint density at radius 2 is 1.96 bits per heavy atom. The number of carbonyl (C=O) groups excluding carboxylic acids is 1. The summed E-state index contributed by atoms with van der Waals surface area (Å²) < 4.78 is 18.3. The number of amides is 1. The number of nitrogens with one attached hydrogen (secondary N) is 1. The highest BCUT2D eigenvalue weighted by Crippen LogP contribution is 2.32. The maximum absolute atomic E-state index is 12.9. The fourth-order valence-electron chi connectivity index (χ4n) is 2.38. The summed E-state index contributed by atoms with van der Waals surface area (Å²) in [6, 6.07) is 9.40. The largest absolute Gasteiger partial charge is 0.495 e. The molecule has 0 aliphatic carbocycles. The van der Waals surface area contributed by atoms with Gasteiger partial charge in [0.25, 0.3) is 5.91 Å². The van der Waals surface area contributed by atoms with Crippen LogP contribution in [0.3, 0.4) is 0 Å². The molecule has 1 amide bonds. The van der Waals surface area contributed by atoms with Gasteiger partial charge in [0.05, 0.1) is 29.3 Å². The summed E-state index contributed by atoms with van der Waals surface area (Å²) in [4.78, 5) is 11.5. The van der Waals surface area contributed by atoms with E-state index in [1.165, 1.54) is 19.2 Å². The van der Waals surface area contributed by atoms with Crippen LogP contribution < -0.4 is 10.5 Å². The van der Waals surface area contributed by atoms with Crippen LogP contribution in [0.2, 0.25) is 0 Å². The molecule has 0 saturated carbocycles. The molecule has 2 aromatic carbocycles. The van der Waals surface area contributed by atoms with Gasteiger partial charge in [-0.3, -0.25) is 9.89 Å². The van der Waals surface area contributed by atoms with E-state index in [-0.39, 0.29) is 11.4 Å². The van der Waals surface area contributed by atoms with E-state index in [1.54, 1.807) is 36.4 Å². The maximum atomic E-state index is 12.9. The van der Waals surface area contributed by atoms with Crippen molar-refractivity contribution in [2.75, 3.05) is 7.11 Å². The molecule has 1 aromatic heterocycles. The number of carbonyl (C=O) groups is 1. The van der Waals surface area contributed by atoms with Crippen molar-refractivity contribution >= 4 is 29.0 Å². The number of hydrogen-bond acceptors (Lipinski definition) is 3. The van der Waals surface area contributed by atoms with Crippen LogP contribution in [0.5, 0.6) is 5.75 Å². The molecule has 3 aromatic rings. The van der Waals surface area contributed by atoms with Gasteiger partial charge in [-0.05, 0) is 35.9 Å². The van der Waals surface area contributed by atoms with Gasteiger partial charge in [0.1, 0.15) is 11.6 Å². The number of hydrogen-bond donors (Lipinski definition) is 2. The van der Waals surface area contributed by atoms with Crippen LogP contribution in [0, 0.1) is 5.82 Å². The Morgan fingerprint density at radius 3 is 2.61 bits per heavy atom. The molecule has 0 fully saturated rings. The van der Waals surface area contributed by atoms with E-state index >= 15 is 0 Å². The van der Waals surface area contributed by atoms with Gasteiger partial charge >= 0.3 is 0 Å². The van der Waals surface area contributed by atoms with Crippen LogP contribution in [0.15, 0.2) is 36.4 Å². The number of methoxy groups -OCH3 is 1. The van der Waals surface area contributed by atoms with Crippen molar-refractivity contribution in [2.24, 2.45) is 5.73 Å². The van der Waals surface area contributed by atoms with Crippen molar-refractivity contribution in [3.8, 4) is 5.75 Å². The van der Waals surface area contributed by atoms with Gasteiger partial charge in [0.15, 0.2) is 0 Å². The first-order valence-corrected chi connectivity index (χ1v) is 6.88. The Labute approximate surface area is 131 Å². The highest BCUT2D eigenvalue weighted by molar-refractivity contribution is 6.04. The van der Waals surface area contributed by atoms with Gasteiger partial charge < -0.3 is 10.5 Å². The molecule has 0 unspecified atom stereocenters. The molecule has 3 N–H and O–H groups in total. The van der Waals surface area contributed by atoms with Gasteiger partial charge in [-0.1, -0.05) is 18.2 Å². The number of nitrogens with two attached hydrogens (primary N) is 1. The SMILES string of the molecule is COc1c(C(N)=O)ccc2[nH]nc(C=Cc3ccc(F)cc3)c12. The minimum atomic E-state index is -0.571. The second kappa shape index (κ2) is 5.92. The molecule has 1 heterocycles. The van der Waals surface area contributed by atoms with Crippen LogP contribution in [-0.4, -0.2) is 23.2 Å². The molecule has 0 aliphatic rings. The van der Waals surface area contributed by atoms with Gasteiger partial charge in [0.2, 0.25) is 0 Å². The summed E-state index contributed by atoms with van der Waals surface area (Å²) in [6.45, 7) is 0. The van der Waals surface area contributed by atoms with Crippen LogP contribution in [-0.2, 0) is 0 Å². The smallest absolute Gasteiger partial charge is 0.252 e. The number of ether oxygens (including phenoxy) is 1. The summed E-state index contributed by atoms with van der Waals surface area (Å²) >= 11 is 0. The maximum Gasteiger partial charge on any atom is 0.252 e. The first kappa shape index (κ1) is 14.8. The number of fused-ring (bicyclic) bond motifs is 1. The summed E-state index contributed by atoms with van der Waals surface area (Å²) in [6.07, 6.45) is 3.56. The molecule has 0 spiro atoms. The van der Waals surface area contributed by atoms with Crippen LogP contribution >= 0.6 is 0 Å². The third-order valence-electron chi connectivity index (χ3n) is 3.48. The van der Waals surface area contributed by atoms with Crippen LogP contribution in [0.25, 0.3) is 23.1 Å². The first-order valence-electron chi connectivity index (χ1n) is 6.88. The zero-order chi connectivity index (χ0) is 16.4. The number of benzene rings is 2. The van der Waals surface area contributed by atoms with E-state index < -0.39 is 5.91 Å². The fraction of sp³-hybridized carbons (Fsp3) is 0.0588. The van der Waals surface area contributed by atoms with Crippen molar-refractivity contribution in [1.82, 2.24) is 10.2 Å². The molecule has 6 heteroatoms. The van der Waals surface area contributed by atoms with Gasteiger partial charge in [-0.15, -0.1) is 0 Å². The van der Waals surface area contributed by atoms with E-state index in [0.717, 1.165) is 11.1 Å². The number of primary amides is 1. The minimum absolute atomic E-state index is 0.290. The van der Waals surface area contributed by atoms with Gasteiger partial charge in [-0.25, -0.2) is 4.39 Å². The lowest BCUT2D eigenvalue weighted by Gasteiger charge is -2.07. The molecular weight excluding hydrogens is 297 g/mol. The third-order valence-corrected chi connectivity index (χ3v) is 3.48. The van der Waals surface area contributed by atoms with E-state index in [2.05, 4.69) is 10.2 Å². The van der Waals surface area contributed by atoms with Crippen LogP contribution in [0.4, 0.5) is 4.39 Å². The standard InChI is InChI=1S/C17H14FN3O2/c1-23-16-12(17(19)22)7-9-14-15(16)13(20-21-14)8-4-10-2-5-11(18)6-3-10/h2-9H,1H3,(H2,19,22)(H,20,21). The molecule has 0 aliphatic heterocycles. The summed E-state index contributed by atoms with van der Waals surface area (Å²) in [7, 11) is 1.47. The lowest BCUT2D eigenvalue weighted by atomic mass is 10.1. The first-order chi connectivity index (χ1) is 11.1. The molecule has 0 radical (unpaired) electrons. The topological polar surface area (TPSA) is 81.0 Å². The summed E-state index contributed by atoms with van der Waals surface area (Å²) in [5.41, 5.74) is 7.82. The molecule has 5 nitrogen and oxygen atoms in total. The Kier molecular flexibility index (Phi) is 3.80. The normalized spacial score (nSPS) is 11.2. The number of nitrogens with zero attached hydrogens (tertiary/aromatic N) is 1. The molecule has 0 saturated heterocycles. The molecule has 0 atom stereocenters. The van der Waals surface area contributed by atoms with Gasteiger partial charge in [0, 0.05) is 0 Å². The number of H-pyrrole nitrogens is 1. The monoisotopic (exact) mass is 311 g/mol. The van der Waals surface area contributed by atoms with Crippen molar-refractivity contribution in [2.45, 2.75) is 0 Å². The average molecular weight is 311 g/mol. The third kappa shape index (κ3) is 2.78. The Balaban J connectivity index is 2.09. The number of aromatic nitrogens is 2. The lowest BCUT2D eigenvalue weighted by Crippen LogP contribution is -2.12. The number of halogens is 1. The Bertz CT molecular complexity index is 898. The highest BCUT2D eigenvalue weighted by Gasteiger charge is 2.16. The zero-order valence-corrected chi connectivity index (χ0v) is 12.3. The highest BCUT2D eigenvalue weighted by atomic mass is 19.1. The second-order valence-electron chi connectivity index (χ2n) is 4.93. The second-order valence-corrected chi connectivity index (χ2v) is 4.93. The number of rotatable bonds is 4. The van der Waals surface area contributed by atoms with E-state index in [1.807, 2.05) is 0 Å². The van der Waals surface area contributed by atoms with E-state index in [0.29, 0.717) is 16.8 Å². The summed E-state index contributed by atoms with van der Waals surface area (Å²) in [5, 5.41) is 7.77.